The normalized spacial score (nSPS) is 17.8. The van der Waals surface area contributed by atoms with Gasteiger partial charge in [0.2, 0.25) is 23.6 Å². The summed E-state index contributed by atoms with van der Waals surface area (Å²) in [5, 5.41) is 10.3. The summed E-state index contributed by atoms with van der Waals surface area (Å²) in [5.41, 5.74) is 4.72. The summed E-state index contributed by atoms with van der Waals surface area (Å²) < 4.78 is 27.3. The van der Waals surface area contributed by atoms with Crippen LogP contribution in [0.15, 0.2) is 18.2 Å². The summed E-state index contributed by atoms with van der Waals surface area (Å²) in [5.74, 6) is -3.71. The van der Waals surface area contributed by atoms with Crippen molar-refractivity contribution in [2.45, 2.75) is 91.8 Å². The SMILES string of the molecule is CC(C)(C)CC(=O)NCCCC(NC(=O)C1C(NC(=O)Nc2ccc(F)cc2F)CCN1C(=O)CC(C)(C)C)C(N)=O. The standard InChI is InChI=1S/C29H44F2N6O5/c1-28(2,3)15-22(38)33-12-7-8-21(25(32)40)34-26(41)24-20(11-13-37(24)23(39)16-29(4,5)6)36-27(42)35-19-10-9-17(30)14-18(19)31/h9-10,14,20-21,24H,7-8,11-13,15-16H2,1-6H3,(H2,32,40)(H,33,38)(H,34,41)(H2,35,36,42). The molecule has 0 aromatic heterocycles. The molecule has 1 aromatic rings. The highest BCUT2D eigenvalue weighted by molar-refractivity contribution is 5.94. The Labute approximate surface area is 245 Å². The molecular formula is C29H44F2N6O5. The molecule has 1 saturated heterocycles. The van der Waals surface area contributed by atoms with Gasteiger partial charge in [0.25, 0.3) is 0 Å². The highest BCUT2D eigenvalue weighted by Crippen LogP contribution is 2.26. The largest absolute Gasteiger partial charge is 0.368 e. The van der Waals surface area contributed by atoms with Crippen molar-refractivity contribution in [2.24, 2.45) is 16.6 Å². The predicted octanol–water partition coefficient (Wildman–Crippen LogP) is 2.79. The summed E-state index contributed by atoms with van der Waals surface area (Å²) in [4.78, 5) is 65.0. The molecule has 6 amide bonds. The maximum atomic E-state index is 14.1. The number of nitrogens with zero attached hydrogens (tertiary/aromatic N) is 1. The van der Waals surface area contributed by atoms with Gasteiger partial charge in [-0.1, -0.05) is 41.5 Å². The van der Waals surface area contributed by atoms with Crippen molar-refractivity contribution in [1.29, 1.82) is 0 Å². The number of nitrogens with one attached hydrogen (secondary N) is 4. The third-order valence-corrected chi connectivity index (χ3v) is 6.51. The number of halogens is 2. The van der Waals surface area contributed by atoms with Crippen LogP contribution >= 0.6 is 0 Å². The molecule has 0 saturated carbocycles. The van der Waals surface area contributed by atoms with Crippen LogP contribution in [0.5, 0.6) is 0 Å². The van der Waals surface area contributed by atoms with E-state index < -0.39 is 47.6 Å². The number of nitrogens with two attached hydrogens (primary N) is 1. The second kappa shape index (κ2) is 14.4. The Hall–Kier alpha value is -3.77. The van der Waals surface area contributed by atoms with Crippen LogP contribution in [-0.2, 0) is 19.2 Å². The third kappa shape index (κ3) is 11.2. The lowest BCUT2D eigenvalue weighted by atomic mass is 9.91. The molecule has 11 nitrogen and oxygen atoms in total. The van der Waals surface area contributed by atoms with E-state index in [1.807, 2.05) is 41.5 Å². The second-order valence-electron chi connectivity index (χ2n) is 13.1. The van der Waals surface area contributed by atoms with Gasteiger partial charge in [-0.05, 0) is 42.2 Å². The van der Waals surface area contributed by atoms with Crippen LogP contribution in [0.3, 0.4) is 0 Å². The van der Waals surface area contributed by atoms with E-state index in [1.54, 1.807) is 0 Å². The number of anilines is 1. The lowest BCUT2D eigenvalue weighted by molar-refractivity contribution is -0.141. The number of carbonyl (C=O) groups excluding carboxylic acids is 5. The first-order valence-electron chi connectivity index (χ1n) is 14.0. The summed E-state index contributed by atoms with van der Waals surface area (Å²) in [6.07, 6.45) is 1.17. The van der Waals surface area contributed by atoms with Crippen molar-refractivity contribution in [1.82, 2.24) is 20.9 Å². The minimum absolute atomic E-state index is 0.129. The minimum Gasteiger partial charge on any atom is -0.368 e. The van der Waals surface area contributed by atoms with Gasteiger partial charge in [0.05, 0.1) is 11.7 Å². The number of likely N-dealkylation sites (tertiary alicyclic amines) is 1. The molecule has 234 valence electrons. The highest BCUT2D eigenvalue weighted by atomic mass is 19.1. The van der Waals surface area contributed by atoms with Crippen LogP contribution in [0, 0.1) is 22.5 Å². The van der Waals surface area contributed by atoms with E-state index in [0.717, 1.165) is 12.1 Å². The number of primary amides is 1. The van der Waals surface area contributed by atoms with Crippen LogP contribution in [-0.4, -0.2) is 65.8 Å². The summed E-state index contributed by atoms with van der Waals surface area (Å²) >= 11 is 0. The van der Waals surface area contributed by atoms with E-state index in [9.17, 15) is 32.8 Å². The zero-order chi connectivity index (χ0) is 31.8. The lowest BCUT2D eigenvalue weighted by Gasteiger charge is -2.31. The van der Waals surface area contributed by atoms with E-state index in [1.165, 1.54) is 4.90 Å². The average Bonchev–Trinajstić information content (AvgIpc) is 3.24. The van der Waals surface area contributed by atoms with Crippen molar-refractivity contribution in [3.63, 3.8) is 0 Å². The maximum Gasteiger partial charge on any atom is 0.319 e. The van der Waals surface area contributed by atoms with Crippen LogP contribution in [0.4, 0.5) is 19.3 Å². The molecule has 3 atom stereocenters. The van der Waals surface area contributed by atoms with Crippen molar-refractivity contribution in [3.05, 3.63) is 29.8 Å². The number of rotatable bonds is 11. The number of hydrogen-bond acceptors (Lipinski definition) is 5. The summed E-state index contributed by atoms with van der Waals surface area (Å²) in [6.45, 7) is 11.9. The van der Waals surface area contributed by atoms with Crippen LogP contribution in [0.2, 0.25) is 0 Å². The number of carbonyl (C=O) groups is 5. The molecule has 2 rings (SSSR count). The van der Waals surface area contributed by atoms with Gasteiger partial charge in [-0.2, -0.15) is 0 Å². The molecule has 3 unspecified atom stereocenters. The van der Waals surface area contributed by atoms with Crippen LogP contribution in [0.1, 0.15) is 73.6 Å². The first kappa shape index (κ1) is 34.4. The Morgan fingerprint density at radius 3 is 2.24 bits per heavy atom. The number of hydrogen-bond donors (Lipinski definition) is 5. The Kier molecular flexibility index (Phi) is 11.8. The molecule has 1 fully saturated rings. The van der Waals surface area contributed by atoms with Gasteiger partial charge in [0.15, 0.2) is 0 Å². The summed E-state index contributed by atoms with van der Waals surface area (Å²) in [7, 11) is 0. The van der Waals surface area contributed by atoms with Gasteiger partial charge in [-0.3, -0.25) is 19.2 Å². The van der Waals surface area contributed by atoms with Gasteiger partial charge in [0.1, 0.15) is 23.7 Å². The first-order chi connectivity index (χ1) is 19.4. The Bertz CT molecular complexity index is 1160. The Morgan fingerprint density at radius 2 is 1.67 bits per heavy atom. The average molecular weight is 595 g/mol. The van der Waals surface area contributed by atoms with Crippen molar-refractivity contribution in [3.8, 4) is 0 Å². The fourth-order valence-electron chi connectivity index (χ4n) is 4.64. The molecule has 1 aromatic carbocycles. The van der Waals surface area contributed by atoms with E-state index in [0.29, 0.717) is 18.9 Å². The fraction of sp³-hybridized carbons (Fsp3) is 0.621. The van der Waals surface area contributed by atoms with Crippen molar-refractivity contribution < 1.29 is 32.8 Å². The number of amides is 6. The quantitative estimate of drug-likeness (QED) is 0.249. The van der Waals surface area contributed by atoms with Gasteiger partial charge in [0, 0.05) is 32.0 Å². The van der Waals surface area contributed by atoms with E-state index in [4.69, 9.17) is 5.73 Å². The maximum absolute atomic E-state index is 14.1. The van der Waals surface area contributed by atoms with Crippen LogP contribution in [0.25, 0.3) is 0 Å². The van der Waals surface area contributed by atoms with E-state index in [2.05, 4.69) is 21.3 Å². The second-order valence-corrected chi connectivity index (χ2v) is 13.1. The molecular weight excluding hydrogens is 550 g/mol. The molecule has 1 aliphatic heterocycles. The van der Waals surface area contributed by atoms with E-state index in [-0.39, 0.29) is 60.7 Å². The lowest BCUT2D eigenvalue weighted by Crippen LogP contribution is -2.58. The topological polar surface area (TPSA) is 163 Å². The van der Waals surface area contributed by atoms with Crippen molar-refractivity contribution >= 4 is 35.3 Å². The fourth-order valence-corrected chi connectivity index (χ4v) is 4.64. The van der Waals surface area contributed by atoms with Crippen LogP contribution < -0.4 is 27.0 Å². The molecule has 0 bridgehead atoms. The highest BCUT2D eigenvalue weighted by Gasteiger charge is 2.44. The van der Waals surface area contributed by atoms with Gasteiger partial charge in [-0.25, -0.2) is 13.6 Å². The number of benzene rings is 1. The minimum atomic E-state index is -1.17. The molecule has 0 spiro atoms. The molecule has 0 aliphatic carbocycles. The number of urea groups is 1. The van der Waals surface area contributed by atoms with Crippen molar-refractivity contribution in [2.75, 3.05) is 18.4 Å². The van der Waals surface area contributed by atoms with Gasteiger partial charge >= 0.3 is 6.03 Å². The zero-order valence-electron chi connectivity index (χ0n) is 25.2. The monoisotopic (exact) mass is 594 g/mol. The molecule has 6 N–H and O–H groups in total. The molecule has 0 radical (unpaired) electrons. The van der Waals surface area contributed by atoms with Gasteiger partial charge < -0.3 is 31.9 Å². The summed E-state index contributed by atoms with van der Waals surface area (Å²) in [6, 6.07) is -1.32. The van der Waals surface area contributed by atoms with E-state index >= 15 is 0 Å². The Morgan fingerprint density at radius 1 is 1.02 bits per heavy atom. The predicted molar refractivity (Wildman–Crippen MR) is 154 cm³/mol. The van der Waals surface area contributed by atoms with Gasteiger partial charge in [-0.15, -0.1) is 0 Å². The Balaban J connectivity index is 2.13. The molecule has 13 heteroatoms. The third-order valence-electron chi connectivity index (χ3n) is 6.51. The first-order valence-corrected chi connectivity index (χ1v) is 14.0. The zero-order valence-corrected chi connectivity index (χ0v) is 25.2. The molecule has 1 aliphatic rings. The smallest absolute Gasteiger partial charge is 0.319 e. The molecule has 42 heavy (non-hydrogen) atoms. The molecule has 1 heterocycles.